The molecule has 4 heteroatoms. The van der Waals surface area contributed by atoms with Crippen molar-refractivity contribution in [1.29, 1.82) is 0 Å². The van der Waals surface area contributed by atoms with E-state index in [1.807, 2.05) is 0 Å². The molecule has 2 aliphatic carbocycles. The zero-order chi connectivity index (χ0) is 19.1. The standard InChI is InChI=1S/2C9H7.C5H10O.2ClH.Zr/c2*1-2-5-9-7-3-6-8(9)4-1;1-2-3-4-5-6;;;/h2*1-7H;6H,3-5H2,1H3;2*1H;/q;;;;;+2/p-2. The molecular formula is C23H24Cl2OZr. The van der Waals surface area contributed by atoms with E-state index in [2.05, 4.69) is 79.8 Å². The van der Waals surface area contributed by atoms with Crippen molar-refractivity contribution in [2.24, 2.45) is 0 Å². The van der Waals surface area contributed by atoms with Crippen LogP contribution in [0.5, 0.6) is 0 Å². The molecule has 0 bridgehead atoms. The maximum atomic E-state index is 9.41. The van der Waals surface area contributed by atoms with Gasteiger partial charge in [-0.1, -0.05) is 0 Å². The third kappa shape index (κ3) is 3.01. The summed E-state index contributed by atoms with van der Waals surface area (Å²) in [6, 6.07) is 16.9. The number of hydrogen-bond donors (Lipinski definition) is 1. The molecule has 2 aromatic carbocycles. The van der Waals surface area contributed by atoms with Crippen molar-refractivity contribution >= 4 is 32.4 Å². The van der Waals surface area contributed by atoms with Crippen LogP contribution >= 0.6 is 17.0 Å². The van der Waals surface area contributed by atoms with Crippen LogP contribution in [-0.2, 0) is 15.9 Å². The number of aliphatic hydroxyl groups is 1. The summed E-state index contributed by atoms with van der Waals surface area (Å²) >= 11 is -4.61. The normalized spacial score (nSPS) is 20.6. The SMILES string of the molecule is C[C](CCCO)=[Zr]([Cl])([Cl])([CH]1C=Cc2ccccc21)[CH]1C=Cc2ccccc21. The van der Waals surface area contributed by atoms with E-state index in [0.717, 1.165) is 6.42 Å². The average Bonchev–Trinajstić information content (AvgIpc) is 3.31. The second-order valence-electron chi connectivity index (χ2n) is 7.69. The summed E-state index contributed by atoms with van der Waals surface area (Å²) in [5.41, 5.74) is 4.92. The Hall–Kier alpha value is -0.787. The van der Waals surface area contributed by atoms with Gasteiger partial charge in [0.1, 0.15) is 0 Å². The second-order valence-corrected chi connectivity index (χ2v) is 29.3. The Labute approximate surface area is 169 Å². The molecule has 0 heterocycles. The van der Waals surface area contributed by atoms with Crippen molar-refractivity contribution in [2.75, 3.05) is 6.61 Å². The number of allylic oxidation sites excluding steroid dienone is 2. The number of hydrogen-bond acceptors (Lipinski definition) is 1. The minimum absolute atomic E-state index is 0.0467. The summed E-state index contributed by atoms with van der Waals surface area (Å²) in [4.78, 5) is 0. The monoisotopic (exact) mass is 476 g/mol. The van der Waals surface area contributed by atoms with Crippen LogP contribution in [0, 0.1) is 0 Å². The Balaban J connectivity index is 1.97. The van der Waals surface area contributed by atoms with Gasteiger partial charge in [-0.25, -0.2) is 0 Å². The summed E-state index contributed by atoms with van der Waals surface area (Å²) in [5, 5.41) is 9.41. The van der Waals surface area contributed by atoms with Crippen molar-refractivity contribution in [3.05, 3.63) is 82.9 Å². The van der Waals surface area contributed by atoms with Crippen LogP contribution in [0.15, 0.2) is 60.7 Å². The third-order valence-corrected chi connectivity index (χ3v) is 28.3. The Morgan fingerprint density at radius 2 is 1.37 bits per heavy atom. The molecule has 1 N–H and O–H groups in total. The van der Waals surface area contributed by atoms with Crippen molar-refractivity contribution in [1.82, 2.24) is 0 Å². The van der Waals surface area contributed by atoms with Gasteiger partial charge in [0.25, 0.3) is 0 Å². The zero-order valence-electron chi connectivity index (χ0n) is 15.4. The first kappa shape index (κ1) is 19.5. The molecule has 0 fully saturated rings. The van der Waals surface area contributed by atoms with Gasteiger partial charge in [-0.15, -0.1) is 0 Å². The Morgan fingerprint density at radius 3 is 1.85 bits per heavy atom. The molecule has 2 aromatic rings. The van der Waals surface area contributed by atoms with Gasteiger partial charge < -0.3 is 0 Å². The molecule has 27 heavy (non-hydrogen) atoms. The first-order valence-electron chi connectivity index (χ1n) is 9.52. The maximum absolute atomic E-state index is 9.41. The molecule has 0 aromatic heterocycles. The number of aliphatic hydroxyl groups excluding tert-OH is 1. The molecule has 0 spiro atoms. The first-order valence-corrected chi connectivity index (χ1v) is 19.9. The van der Waals surface area contributed by atoms with Crippen molar-refractivity contribution in [2.45, 2.75) is 27.0 Å². The molecule has 0 saturated heterocycles. The molecule has 2 unspecified atom stereocenters. The topological polar surface area (TPSA) is 20.2 Å². The summed E-state index contributed by atoms with van der Waals surface area (Å²) in [7, 11) is 15.6. The summed E-state index contributed by atoms with van der Waals surface area (Å²) in [5.74, 6) is 0. The van der Waals surface area contributed by atoms with Crippen LogP contribution in [0.1, 0.15) is 49.3 Å². The predicted molar refractivity (Wildman–Crippen MR) is 115 cm³/mol. The van der Waals surface area contributed by atoms with E-state index in [-0.39, 0.29) is 13.9 Å². The van der Waals surface area contributed by atoms with Crippen LogP contribution in [0.2, 0.25) is 0 Å². The van der Waals surface area contributed by atoms with Gasteiger partial charge in [0.15, 0.2) is 0 Å². The summed E-state index contributed by atoms with van der Waals surface area (Å²) in [6.07, 6.45) is 10.3. The van der Waals surface area contributed by atoms with Crippen molar-refractivity contribution < 1.29 is 21.0 Å². The fraction of sp³-hybridized carbons (Fsp3) is 0.261. The molecule has 4 rings (SSSR count). The van der Waals surface area contributed by atoms with Crippen LogP contribution in [0.4, 0.5) is 0 Å². The van der Waals surface area contributed by atoms with Crippen molar-refractivity contribution in [3.8, 4) is 0 Å². The first-order chi connectivity index (χ1) is 13.0. The molecule has 1 nitrogen and oxygen atoms in total. The van der Waals surface area contributed by atoms with E-state index in [1.54, 1.807) is 0 Å². The fourth-order valence-electron chi connectivity index (χ4n) is 4.73. The van der Waals surface area contributed by atoms with Gasteiger partial charge in [0.05, 0.1) is 0 Å². The van der Waals surface area contributed by atoms with Gasteiger partial charge >= 0.3 is 170 Å². The van der Waals surface area contributed by atoms with E-state index in [9.17, 15) is 5.11 Å². The molecule has 2 atom stereocenters. The number of benzene rings is 2. The van der Waals surface area contributed by atoms with Crippen LogP contribution in [-0.4, -0.2) is 14.9 Å². The van der Waals surface area contributed by atoms with E-state index >= 15 is 0 Å². The Kier molecular flexibility index (Phi) is 5.23. The van der Waals surface area contributed by atoms with Crippen LogP contribution in [0.25, 0.3) is 12.2 Å². The summed E-state index contributed by atoms with van der Waals surface area (Å²) < 4.78 is 1.29. The van der Waals surface area contributed by atoms with E-state index < -0.39 is 15.9 Å². The minimum atomic E-state index is -4.61. The molecular weight excluding hydrogens is 454 g/mol. The van der Waals surface area contributed by atoms with E-state index in [4.69, 9.17) is 17.0 Å². The average molecular weight is 479 g/mol. The molecule has 0 amide bonds. The predicted octanol–water partition coefficient (Wildman–Crippen LogP) is 6.48. The quantitative estimate of drug-likeness (QED) is 0.521. The van der Waals surface area contributed by atoms with Gasteiger partial charge in [-0.2, -0.15) is 0 Å². The van der Waals surface area contributed by atoms with Crippen molar-refractivity contribution in [3.63, 3.8) is 0 Å². The molecule has 2 aliphatic rings. The van der Waals surface area contributed by atoms with Crippen LogP contribution in [0.3, 0.4) is 0 Å². The van der Waals surface area contributed by atoms with Crippen LogP contribution < -0.4 is 0 Å². The fourth-order valence-corrected chi connectivity index (χ4v) is 21.8. The van der Waals surface area contributed by atoms with Gasteiger partial charge in [0, 0.05) is 0 Å². The number of fused-ring (bicyclic) bond motifs is 2. The molecule has 0 aliphatic heterocycles. The Morgan fingerprint density at radius 1 is 0.889 bits per heavy atom. The second kappa shape index (κ2) is 7.23. The van der Waals surface area contributed by atoms with Gasteiger partial charge in [-0.05, 0) is 0 Å². The third-order valence-electron chi connectivity index (χ3n) is 6.26. The van der Waals surface area contributed by atoms with E-state index in [1.165, 1.54) is 25.5 Å². The Bertz CT molecular complexity index is 945. The zero-order valence-corrected chi connectivity index (χ0v) is 19.4. The molecule has 0 radical (unpaired) electrons. The van der Waals surface area contributed by atoms with Gasteiger partial charge in [-0.3, -0.25) is 0 Å². The number of rotatable bonds is 5. The van der Waals surface area contributed by atoms with E-state index in [0.29, 0.717) is 6.42 Å². The molecule has 0 saturated carbocycles. The summed E-state index contributed by atoms with van der Waals surface area (Å²) in [6.45, 7) is 2.29. The van der Waals surface area contributed by atoms with Gasteiger partial charge in [0.2, 0.25) is 0 Å². The number of halogens is 2. The molecule has 140 valence electrons.